The standard InChI is InChI=1S/C17H14F5NO4/c1-2-25-14-9-10(7-8-13(14)26-16(18)19)15(24)23-11-5-3-4-6-12(11)27-17(20,21)22/h3-9,16H,2H2,1H3,(H,23,24). The zero-order valence-electron chi connectivity index (χ0n) is 13.8. The Morgan fingerprint density at radius 3 is 2.41 bits per heavy atom. The second-order valence-electron chi connectivity index (χ2n) is 4.97. The number of amides is 1. The topological polar surface area (TPSA) is 56.8 Å². The first-order valence-corrected chi connectivity index (χ1v) is 7.57. The van der Waals surface area contributed by atoms with Gasteiger partial charge in [-0.05, 0) is 37.3 Å². The molecular formula is C17H14F5NO4. The lowest BCUT2D eigenvalue weighted by molar-refractivity contribution is -0.274. The molecule has 0 radical (unpaired) electrons. The van der Waals surface area contributed by atoms with Crippen molar-refractivity contribution in [2.24, 2.45) is 0 Å². The van der Waals surface area contributed by atoms with E-state index in [4.69, 9.17) is 4.74 Å². The molecule has 10 heteroatoms. The maximum atomic E-state index is 12.4. The van der Waals surface area contributed by atoms with Gasteiger partial charge in [-0.3, -0.25) is 4.79 Å². The van der Waals surface area contributed by atoms with E-state index in [1.54, 1.807) is 6.92 Å². The largest absolute Gasteiger partial charge is 0.573 e. The molecule has 0 aliphatic heterocycles. The fourth-order valence-electron chi connectivity index (χ4n) is 2.09. The third-order valence-electron chi connectivity index (χ3n) is 3.08. The van der Waals surface area contributed by atoms with Crippen LogP contribution in [0.15, 0.2) is 42.5 Å². The van der Waals surface area contributed by atoms with Crippen LogP contribution in [0.4, 0.5) is 27.6 Å². The number of benzene rings is 2. The summed E-state index contributed by atoms with van der Waals surface area (Å²) in [5.41, 5.74) is -0.257. The number of nitrogens with one attached hydrogen (secondary N) is 1. The Morgan fingerprint density at radius 1 is 1.07 bits per heavy atom. The number of carbonyl (C=O) groups is 1. The van der Waals surface area contributed by atoms with Gasteiger partial charge in [-0.25, -0.2) is 0 Å². The molecule has 27 heavy (non-hydrogen) atoms. The van der Waals surface area contributed by atoms with Crippen LogP contribution in [0.25, 0.3) is 0 Å². The minimum absolute atomic E-state index is 0.0399. The third kappa shape index (κ3) is 6.01. The van der Waals surface area contributed by atoms with E-state index >= 15 is 0 Å². The van der Waals surface area contributed by atoms with Crippen molar-refractivity contribution in [1.29, 1.82) is 0 Å². The average Bonchev–Trinajstić information content (AvgIpc) is 2.56. The van der Waals surface area contributed by atoms with Crippen molar-refractivity contribution in [2.75, 3.05) is 11.9 Å². The number of alkyl halides is 5. The van der Waals surface area contributed by atoms with Gasteiger partial charge in [0.15, 0.2) is 17.2 Å². The van der Waals surface area contributed by atoms with E-state index in [1.807, 2.05) is 0 Å². The van der Waals surface area contributed by atoms with Gasteiger partial charge < -0.3 is 19.5 Å². The molecule has 1 amide bonds. The maximum Gasteiger partial charge on any atom is 0.573 e. The second kappa shape index (κ2) is 8.56. The van der Waals surface area contributed by atoms with Crippen LogP contribution in [-0.2, 0) is 0 Å². The minimum Gasteiger partial charge on any atom is -0.490 e. The van der Waals surface area contributed by atoms with Crippen molar-refractivity contribution in [3.05, 3.63) is 48.0 Å². The van der Waals surface area contributed by atoms with E-state index in [-0.39, 0.29) is 29.4 Å². The number of carbonyl (C=O) groups excluding carboxylic acids is 1. The summed E-state index contributed by atoms with van der Waals surface area (Å²) in [7, 11) is 0. The first-order chi connectivity index (χ1) is 12.7. The Morgan fingerprint density at radius 2 is 1.78 bits per heavy atom. The molecule has 0 atom stereocenters. The predicted octanol–water partition coefficient (Wildman–Crippen LogP) is 4.84. The SMILES string of the molecule is CCOc1cc(C(=O)Nc2ccccc2OC(F)(F)F)ccc1OC(F)F. The third-order valence-corrected chi connectivity index (χ3v) is 3.08. The van der Waals surface area contributed by atoms with Crippen molar-refractivity contribution < 1.29 is 41.0 Å². The highest BCUT2D eigenvalue weighted by atomic mass is 19.4. The molecule has 0 bridgehead atoms. The molecule has 0 saturated carbocycles. The van der Waals surface area contributed by atoms with Crippen LogP contribution in [0.2, 0.25) is 0 Å². The molecular weight excluding hydrogens is 377 g/mol. The number of hydrogen-bond donors (Lipinski definition) is 1. The van der Waals surface area contributed by atoms with Gasteiger partial charge in [-0.2, -0.15) is 8.78 Å². The molecule has 0 unspecified atom stereocenters. The van der Waals surface area contributed by atoms with E-state index in [0.717, 1.165) is 18.2 Å². The summed E-state index contributed by atoms with van der Waals surface area (Å²) in [6.45, 7) is -1.37. The quantitative estimate of drug-likeness (QED) is 0.687. The van der Waals surface area contributed by atoms with E-state index < -0.39 is 24.6 Å². The molecule has 2 aromatic carbocycles. The van der Waals surface area contributed by atoms with Crippen LogP contribution in [0.5, 0.6) is 17.2 Å². The fourth-order valence-corrected chi connectivity index (χ4v) is 2.09. The van der Waals surface area contributed by atoms with E-state index in [2.05, 4.69) is 14.8 Å². The summed E-state index contributed by atoms with van der Waals surface area (Å²) in [6.07, 6.45) is -4.93. The van der Waals surface area contributed by atoms with Crippen LogP contribution in [-0.4, -0.2) is 25.5 Å². The van der Waals surface area contributed by atoms with Gasteiger partial charge in [0.25, 0.3) is 5.91 Å². The molecule has 2 aromatic rings. The average molecular weight is 391 g/mol. The Bertz CT molecular complexity index is 795. The van der Waals surface area contributed by atoms with E-state index in [1.165, 1.54) is 24.3 Å². The normalized spacial score (nSPS) is 11.2. The molecule has 2 rings (SSSR count). The summed E-state index contributed by atoms with van der Waals surface area (Å²) in [5.74, 6) is -1.77. The van der Waals surface area contributed by atoms with Crippen LogP contribution in [0.3, 0.4) is 0 Å². The highest BCUT2D eigenvalue weighted by Gasteiger charge is 2.32. The van der Waals surface area contributed by atoms with Crippen molar-refractivity contribution in [1.82, 2.24) is 0 Å². The number of hydrogen-bond acceptors (Lipinski definition) is 4. The van der Waals surface area contributed by atoms with Gasteiger partial charge in [-0.15, -0.1) is 13.2 Å². The molecule has 146 valence electrons. The number of rotatable bonds is 7. The lowest BCUT2D eigenvalue weighted by atomic mass is 10.1. The van der Waals surface area contributed by atoms with Crippen molar-refractivity contribution in [2.45, 2.75) is 19.9 Å². The van der Waals surface area contributed by atoms with E-state index in [0.29, 0.717) is 0 Å². The molecule has 0 aromatic heterocycles. The number of para-hydroxylation sites is 2. The summed E-state index contributed by atoms with van der Waals surface area (Å²) in [4.78, 5) is 12.3. The Balaban J connectivity index is 2.25. The molecule has 0 aliphatic carbocycles. The van der Waals surface area contributed by atoms with Crippen molar-refractivity contribution in [3.63, 3.8) is 0 Å². The molecule has 0 fully saturated rings. The van der Waals surface area contributed by atoms with Gasteiger partial charge in [0.1, 0.15) is 0 Å². The van der Waals surface area contributed by atoms with Crippen LogP contribution in [0, 0.1) is 0 Å². The summed E-state index contributed by atoms with van der Waals surface area (Å²) in [5, 5.41) is 2.27. The lowest BCUT2D eigenvalue weighted by Crippen LogP contribution is -2.19. The molecule has 1 N–H and O–H groups in total. The molecule has 0 spiro atoms. The van der Waals surface area contributed by atoms with Gasteiger partial charge in [0, 0.05) is 5.56 Å². The van der Waals surface area contributed by atoms with E-state index in [9.17, 15) is 26.7 Å². The molecule has 0 heterocycles. The monoisotopic (exact) mass is 391 g/mol. The number of halogens is 5. The summed E-state index contributed by atoms with van der Waals surface area (Å²) >= 11 is 0. The molecule has 0 aliphatic rings. The Kier molecular flexibility index (Phi) is 6.43. The Labute approximate surface area is 150 Å². The summed E-state index contributed by atoms with van der Waals surface area (Å²) in [6, 6.07) is 8.38. The van der Waals surface area contributed by atoms with Gasteiger partial charge in [0.05, 0.1) is 12.3 Å². The smallest absolute Gasteiger partial charge is 0.490 e. The number of ether oxygens (including phenoxy) is 3. The van der Waals surface area contributed by atoms with Crippen LogP contribution >= 0.6 is 0 Å². The fraction of sp³-hybridized carbons (Fsp3) is 0.235. The van der Waals surface area contributed by atoms with Gasteiger partial charge in [-0.1, -0.05) is 12.1 Å². The molecule has 0 saturated heterocycles. The first kappa shape index (κ1) is 20.3. The van der Waals surface area contributed by atoms with Crippen molar-refractivity contribution >= 4 is 11.6 Å². The predicted molar refractivity (Wildman–Crippen MR) is 85.3 cm³/mol. The lowest BCUT2D eigenvalue weighted by Gasteiger charge is -2.15. The zero-order valence-corrected chi connectivity index (χ0v) is 13.8. The first-order valence-electron chi connectivity index (χ1n) is 7.57. The van der Waals surface area contributed by atoms with Crippen LogP contribution < -0.4 is 19.5 Å². The number of anilines is 1. The zero-order chi connectivity index (χ0) is 20.0. The van der Waals surface area contributed by atoms with Crippen LogP contribution in [0.1, 0.15) is 17.3 Å². The maximum absolute atomic E-state index is 12.4. The Hall–Kier alpha value is -3.04. The van der Waals surface area contributed by atoms with Gasteiger partial charge in [0.2, 0.25) is 0 Å². The highest BCUT2D eigenvalue weighted by Crippen LogP contribution is 2.32. The highest BCUT2D eigenvalue weighted by molar-refractivity contribution is 6.05. The van der Waals surface area contributed by atoms with Crippen molar-refractivity contribution in [3.8, 4) is 17.2 Å². The van der Waals surface area contributed by atoms with Gasteiger partial charge >= 0.3 is 13.0 Å². The second-order valence-corrected chi connectivity index (χ2v) is 4.97. The molecule has 5 nitrogen and oxygen atoms in total. The minimum atomic E-state index is -4.93. The summed E-state index contributed by atoms with van der Waals surface area (Å²) < 4.78 is 75.4.